The molecule has 2 aromatic heterocycles. The van der Waals surface area contributed by atoms with E-state index < -0.39 is 0 Å². The highest BCUT2D eigenvalue weighted by Gasteiger charge is 2.22. The molecule has 1 amide bonds. The first-order valence-corrected chi connectivity index (χ1v) is 10.8. The molecule has 0 bridgehead atoms. The SMILES string of the molecule is CN(Cc1ccccc1)C(=O)CSc1nc2sc3c(c2c(=O)n1C)CCC3. The smallest absolute Gasteiger partial charge is 0.262 e. The third-order valence-corrected chi connectivity index (χ3v) is 7.12. The van der Waals surface area contributed by atoms with E-state index in [9.17, 15) is 9.59 Å². The van der Waals surface area contributed by atoms with Crippen molar-refractivity contribution in [2.24, 2.45) is 7.05 Å². The van der Waals surface area contributed by atoms with Crippen LogP contribution in [0.2, 0.25) is 0 Å². The summed E-state index contributed by atoms with van der Waals surface area (Å²) in [5.41, 5.74) is 2.30. The van der Waals surface area contributed by atoms with E-state index in [-0.39, 0.29) is 17.2 Å². The second-order valence-electron chi connectivity index (χ2n) is 6.82. The fourth-order valence-electron chi connectivity index (χ4n) is 3.42. The summed E-state index contributed by atoms with van der Waals surface area (Å²) in [6.45, 7) is 0.573. The van der Waals surface area contributed by atoms with E-state index in [1.54, 1.807) is 34.9 Å². The first-order chi connectivity index (χ1) is 13.0. The van der Waals surface area contributed by atoms with Crippen molar-refractivity contribution in [3.8, 4) is 0 Å². The minimum atomic E-state index is 0.00647. The summed E-state index contributed by atoms with van der Waals surface area (Å²) in [4.78, 5) is 33.8. The summed E-state index contributed by atoms with van der Waals surface area (Å²) >= 11 is 2.96. The molecule has 2 heterocycles. The van der Waals surface area contributed by atoms with E-state index in [4.69, 9.17) is 0 Å². The van der Waals surface area contributed by atoms with Crippen LogP contribution in [0.1, 0.15) is 22.4 Å². The molecule has 0 saturated heterocycles. The molecule has 5 nitrogen and oxygen atoms in total. The molecule has 0 radical (unpaired) electrons. The molecule has 3 aromatic rings. The van der Waals surface area contributed by atoms with Gasteiger partial charge in [-0.2, -0.15) is 0 Å². The van der Waals surface area contributed by atoms with Crippen LogP contribution in [0.25, 0.3) is 10.2 Å². The Bertz CT molecular complexity index is 1060. The Morgan fingerprint density at radius 3 is 2.85 bits per heavy atom. The number of carbonyl (C=O) groups excluding carboxylic acids is 1. The lowest BCUT2D eigenvalue weighted by Crippen LogP contribution is -2.28. The van der Waals surface area contributed by atoms with E-state index in [1.807, 2.05) is 30.3 Å². The van der Waals surface area contributed by atoms with Crippen LogP contribution < -0.4 is 5.56 Å². The highest BCUT2D eigenvalue weighted by Crippen LogP contribution is 2.35. The number of nitrogens with zero attached hydrogens (tertiary/aromatic N) is 3. The lowest BCUT2D eigenvalue weighted by atomic mass is 10.2. The second-order valence-corrected chi connectivity index (χ2v) is 8.85. The Balaban J connectivity index is 1.49. The average molecular weight is 400 g/mol. The molecule has 0 atom stereocenters. The van der Waals surface area contributed by atoms with Gasteiger partial charge in [0.1, 0.15) is 4.83 Å². The maximum absolute atomic E-state index is 12.8. The van der Waals surface area contributed by atoms with Crippen LogP contribution in [0.3, 0.4) is 0 Å². The Labute approximate surface area is 166 Å². The second kappa shape index (κ2) is 7.48. The average Bonchev–Trinajstić information content (AvgIpc) is 3.24. The van der Waals surface area contributed by atoms with E-state index in [0.717, 1.165) is 35.0 Å². The van der Waals surface area contributed by atoms with Crippen LogP contribution in [0.15, 0.2) is 40.3 Å². The lowest BCUT2D eigenvalue weighted by Gasteiger charge is -2.17. The van der Waals surface area contributed by atoms with Crippen molar-refractivity contribution in [1.29, 1.82) is 0 Å². The van der Waals surface area contributed by atoms with Gasteiger partial charge in [0, 0.05) is 25.5 Å². The zero-order valence-corrected chi connectivity index (χ0v) is 17.0. The molecule has 1 aliphatic carbocycles. The standard InChI is InChI=1S/C20H21N3O2S2/c1-22(11-13-7-4-3-5-8-13)16(24)12-26-20-21-18-17(19(25)23(20)2)14-9-6-10-15(14)27-18/h3-5,7-8H,6,9-12H2,1-2H3. The van der Waals surface area contributed by atoms with Gasteiger partial charge in [0.25, 0.3) is 5.56 Å². The predicted molar refractivity (Wildman–Crippen MR) is 111 cm³/mol. The minimum Gasteiger partial charge on any atom is -0.341 e. The van der Waals surface area contributed by atoms with Crippen molar-refractivity contribution < 1.29 is 4.79 Å². The minimum absolute atomic E-state index is 0.00647. The first kappa shape index (κ1) is 18.3. The third-order valence-electron chi connectivity index (χ3n) is 4.92. The molecule has 0 unspecified atom stereocenters. The zero-order chi connectivity index (χ0) is 19.0. The van der Waals surface area contributed by atoms with Gasteiger partial charge in [-0.05, 0) is 30.4 Å². The predicted octanol–water partition coefficient (Wildman–Crippen LogP) is 3.23. The van der Waals surface area contributed by atoms with Crippen molar-refractivity contribution in [3.05, 3.63) is 56.7 Å². The zero-order valence-electron chi connectivity index (χ0n) is 15.4. The number of aromatic nitrogens is 2. The van der Waals surface area contributed by atoms with Crippen LogP contribution in [-0.4, -0.2) is 33.2 Å². The molecule has 0 N–H and O–H groups in total. The van der Waals surface area contributed by atoms with Crippen LogP contribution in [0.4, 0.5) is 0 Å². The lowest BCUT2D eigenvalue weighted by molar-refractivity contribution is -0.127. The highest BCUT2D eigenvalue weighted by atomic mass is 32.2. The summed E-state index contributed by atoms with van der Waals surface area (Å²) in [5.74, 6) is 0.284. The van der Waals surface area contributed by atoms with Gasteiger partial charge < -0.3 is 4.90 Å². The summed E-state index contributed by atoms with van der Waals surface area (Å²) in [6.07, 6.45) is 3.14. The number of hydrogen-bond donors (Lipinski definition) is 0. The number of rotatable bonds is 5. The summed E-state index contributed by atoms with van der Waals surface area (Å²) in [6, 6.07) is 9.91. The van der Waals surface area contributed by atoms with Gasteiger partial charge in [0.2, 0.25) is 5.91 Å². The summed E-state index contributed by atoms with van der Waals surface area (Å²) in [5, 5.41) is 1.39. The number of fused-ring (bicyclic) bond motifs is 3. The molecule has 0 fully saturated rings. The monoisotopic (exact) mass is 399 g/mol. The largest absolute Gasteiger partial charge is 0.341 e. The molecule has 1 aliphatic rings. The number of amides is 1. The van der Waals surface area contributed by atoms with Gasteiger partial charge in [0.05, 0.1) is 11.1 Å². The quantitative estimate of drug-likeness (QED) is 0.488. The fourth-order valence-corrected chi connectivity index (χ4v) is 5.63. The van der Waals surface area contributed by atoms with Crippen LogP contribution in [-0.2, 0) is 31.2 Å². The molecule has 7 heteroatoms. The summed E-state index contributed by atoms with van der Waals surface area (Å²) in [7, 11) is 3.55. The normalized spacial score (nSPS) is 13.1. The molecular weight excluding hydrogens is 378 g/mol. The fraction of sp³-hybridized carbons (Fsp3) is 0.350. The van der Waals surface area contributed by atoms with Gasteiger partial charge in [-0.25, -0.2) is 4.98 Å². The Hall–Kier alpha value is -2.12. The topological polar surface area (TPSA) is 55.2 Å². The van der Waals surface area contributed by atoms with Crippen molar-refractivity contribution >= 4 is 39.2 Å². The summed E-state index contributed by atoms with van der Waals surface area (Å²) < 4.78 is 1.59. The highest BCUT2D eigenvalue weighted by molar-refractivity contribution is 7.99. The molecule has 140 valence electrons. The van der Waals surface area contributed by atoms with E-state index in [0.29, 0.717) is 11.7 Å². The number of aryl methyl sites for hydroxylation is 2. The van der Waals surface area contributed by atoms with Crippen LogP contribution in [0.5, 0.6) is 0 Å². The molecule has 0 aliphatic heterocycles. The van der Waals surface area contributed by atoms with Crippen molar-refractivity contribution in [3.63, 3.8) is 0 Å². The maximum atomic E-state index is 12.8. The van der Waals surface area contributed by atoms with Crippen molar-refractivity contribution in [2.45, 2.75) is 31.0 Å². The number of hydrogen-bond acceptors (Lipinski definition) is 5. The Kier molecular flexibility index (Phi) is 5.06. The first-order valence-electron chi connectivity index (χ1n) is 8.96. The van der Waals surface area contributed by atoms with Crippen molar-refractivity contribution in [1.82, 2.24) is 14.5 Å². The van der Waals surface area contributed by atoms with Gasteiger partial charge >= 0.3 is 0 Å². The third kappa shape index (κ3) is 3.53. The molecule has 1 aromatic carbocycles. The van der Waals surface area contributed by atoms with Crippen LogP contribution >= 0.6 is 23.1 Å². The Morgan fingerprint density at radius 2 is 2.07 bits per heavy atom. The number of thiophene rings is 1. The molecule has 27 heavy (non-hydrogen) atoms. The van der Waals surface area contributed by atoms with Gasteiger partial charge in [0.15, 0.2) is 5.16 Å². The van der Waals surface area contributed by atoms with Crippen molar-refractivity contribution in [2.75, 3.05) is 12.8 Å². The van der Waals surface area contributed by atoms with E-state index in [2.05, 4.69) is 4.98 Å². The molecule has 0 saturated carbocycles. The molecule has 4 rings (SSSR count). The van der Waals surface area contributed by atoms with E-state index in [1.165, 1.54) is 22.2 Å². The van der Waals surface area contributed by atoms with Crippen LogP contribution in [0, 0.1) is 0 Å². The maximum Gasteiger partial charge on any atom is 0.262 e. The number of benzene rings is 1. The molecular formula is C20H21N3O2S2. The van der Waals surface area contributed by atoms with Gasteiger partial charge in [-0.3, -0.25) is 14.2 Å². The van der Waals surface area contributed by atoms with Gasteiger partial charge in [-0.1, -0.05) is 42.1 Å². The van der Waals surface area contributed by atoms with E-state index >= 15 is 0 Å². The Morgan fingerprint density at radius 1 is 1.30 bits per heavy atom. The number of thioether (sulfide) groups is 1. The number of carbonyl (C=O) groups is 1. The molecule has 0 spiro atoms. The van der Waals surface area contributed by atoms with Gasteiger partial charge in [-0.15, -0.1) is 11.3 Å².